The first-order valence-corrected chi connectivity index (χ1v) is 9.52. The third-order valence-corrected chi connectivity index (χ3v) is 5.09. The third kappa shape index (κ3) is 5.49. The molecule has 0 atom stereocenters. The highest BCUT2D eigenvalue weighted by molar-refractivity contribution is 8.00. The molecule has 0 bridgehead atoms. The fourth-order valence-electron chi connectivity index (χ4n) is 2.82. The molecule has 0 saturated carbocycles. The molecule has 0 spiro atoms. The summed E-state index contributed by atoms with van der Waals surface area (Å²) in [4.78, 5) is 39.9. The van der Waals surface area contributed by atoms with Crippen LogP contribution in [-0.4, -0.2) is 64.6 Å². The smallest absolute Gasteiger partial charge is 0.323 e. The standard InChI is InChI=1S/C18H24N2O4S/c1-2-9-20(12-17(22)23)18(24)14-7-3-4-8-15(14)25-13-16(21)19-10-5-6-11-19/h3-4,7-8H,2,5-6,9-13H2,1H3,(H,22,23). The van der Waals surface area contributed by atoms with E-state index in [0.717, 1.165) is 25.9 Å². The van der Waals surface area contributed by atoms with E-state index in [-0.39, 0.29) is 24.1 Å². The van der Waals surface area contributed by atoms with Gasteiger partial charge >= 0.3 is 5.97 Å². The van der Waals surface area contributed by atoms with E-state index in [9.17, 15) is 14.4 Å². The zero-order valence-electron chi connectivity index (χ0n) is 14.4. The summed E-state index contributed by atoms with van der Waals surface area (Å²) in [5, 5.41) is 9.02. The molecular formula is C18H24N2O4S. The Morgan fingerprint density at radius 1 is 1.20 bits per heavy atom. The Labute approximate surface area is 152 Å². The molecule has 1 N–H and O–H groups in total. The van der Waals surface area contributed by atoms with Gasteiger partial charge in [0.05, 0.1) is 11.3 Å². The first-order valence-electron chi connectivity index (χ1n) is 8.53. The lowest BCUT2D eigenvalue weighted by atomic mass is 10.2. The van der Waals surface area contributed by atoms with Crippen molar-refractivity contribution in [3.63, 3.8) is 0 Å². The van der Waals surface area contributed by atoms with Crippen LogP contribution in [0.25, 0.3) is 0 Å². The van der Waals surface area contributed by atoms with Crippen LogP contribution >= 0.6 is 11.8 Å². The summed E-state index contributed by atoms with van der Waals surface area (Å²) in [6.45, 7) is 3.58. The van der Waals surface area contributed by atoms with Gasteiger partial charge < -0.3 is 14.9 Å². The molecule has 1 saturated heterocycles. The monoisotopic (exact) mass is 364 g/mol. The van der Waals surface area contributed by atoms with Crippen molar-refractivity contribution >= 4 is 29.5 Å². The number of likely N-dealkylation sites (tertiary alicyclic amines) is 1. The molecule has 1 aromatic carbocycles. The highest BCUT2D eigenvalue weighted by atomic mass is 32.2. The Morgan fingerprint density at radius 3 is 2.52 bits per heavy atom. The van der Waals surface area contributed by atoms with Crippen LogP contribution < -0.4 is 0 Å². The van der Waals surface area contributed by atoms with Gasteiger partial charge in [-0.2, -0.15) is 0 Å². The van der Waals surface area contributed by atoms with Gasteiger partial charge in [0.25, 0.3) is 5.91 Å². The number of carboxylic acids is 1. The quantitative estimate of drug-likeness (QED) is 0.717. The zero-order chi connectivity index (χ0) is 18.2. The number of carboxylic acid groups (broad SMARTS) is 1. The summed E-state index contributed by atoms with van der Waals surface area (Å²) in [5.74, 6) is -0.963. The molecule has 0 unspecified atom stereocenters. The Balaban J connectivity index is 2.08. The maximum Gasteiger partial charge on any atom is 0.323 e. The first kappa shape index (κ1) is 19.3. The van der Waals surface area contributed by atoms with Gasteiger partial charge in [-0.05, 0) is 31.4 Å². The minimum Gasteiger partial charge on any atom is -0.480 e. The van der Waals surface area contributed by atoms with E-state index in [1.807, 2.05) is 17.9 Å². The summed E-state index contributed by atoms with van der Waals surface area (Å²) >= 11 is 1.34. The molecule has 25 heavy (non-hydrogen) atoms. The van der Waals surface area contributed by atoms with Crippen LogP contribution in [0.2, 0.25) is 0 Å². The fraction of sp³-hybridized carbons (Fsp3) is 0.500. The number of carbonyl (C=O) groups excluding carboxylic acids is 2. The highest BCUT2D eigenvalue weighted by Gasteiger charge is 2.22. The van der Waals surface area contributed by atoms with E-state index in [1.54, 1.807) is 18.2 Å². The number of hydrogen-bond donors (Lipinski definition) is 1. The van der Waals surface area contributed by atoms with Gasteiger partial charge in [0.1, 0.15) is 6.54 Å². The Bertz CT molecular complexity index is 629. The predicted molar refractivity (Wildman–Crippen MR) is 96.8 cm³/mol. The van der Waals surface area contributed by atoms with E-state index in [4.69, 9.17) is 5.11 Å². The molecule has 1 aliphatic heterocycles. The van der Waals surface area contributed by atoms with Crippen LogP contribution in [-0.2, 0) is 9.59 Å². The van der Waals surface area contributed by atoms with Gasteiger partial charge in [0.15, 0.2) is 0 Å². The lowest BCUT2D eigenvalue weighted by Gasteiger charge is -2.21. The van der Waals surface area contributed by atoms with Crippen molar-refractivity contribution in [3.8, 4) is 0 Å². The van der Waals surface area contributed by atoms with E-state index in [1.165, 1.54) is 16.7 Å². The fourth-order valence-corrected chi connectivity index (χ4v) is 3.77. The van der Waals surface area contributed by atoms with Crippen LogP contribution in [0.4, 0.5) is 0 Å². The van der Waals surface area contributed by atoms with Crippen molar-refractivity contribution < 1.29 is 19.5 Å². The van der Waals surface area contributed by atoms with E-state index in [2.05, 4.69) is 0 Å². The molecular weight excluding hydrogens is 340 g/mol. The van der Waals surface area contributed by atoms with Crippen LogP contribution in [0.5, 0.6) is 0 Å². The number of hydrogen-bond acceptors (Lipinski definition) is 4. The minimum atomic E-state index is -1.03. The maximum absolute atomic E-state index is 12.7. The van der Waals surface area contributed by atoms with Crippen LogP contribution in [0, 0.1) is 0 Å². The topological polar surface area (TPSA) is 77.9 Å². The van der Waals surface area contributed by atoms with Crippen LogP contribution in [0.1, 0.15) is 36.5 Å². The van der Waals surface area contributed by atoms with Gasteiger partial charge in [-0.1, -0.05) is 19.1 Å². The lowest BCUT2D eigenvalue weighted by Crippen LogP contribution is -2.36. The average Bonchev–Trinajstić information content (AvgIpc) is 3.13. The summed E-state index contributed by atoms with van der Waals surface area (Å²) in [6, 6.07) is 7.07. The molecule has 0 aliphatic carbocycles. The number of aliphatic carboxylic acids is 1. The van der Waals surface area contributed by atoms with Crippen molar-refractivity contribution in [1.29, 1.82) is 0 Å². The van der Waals surface area contributed by atoms with Crippen molar-refractivity contribution in [2.45, 2.75) is 31.1 Å². The summed E-state index contributed by atoms with van der Waals surface area (Å²) in [7, 11) is 0. The maximum atomic E-state index is 12.7. The van der Waals surface area contributed by atoms with Crippen molar-refractivity contribution in [1.82, 2.24) is 9.80 Å². The number of amides is 2. The van der Waals surface area contributed by atoms with Crippen LogP contribution in [0.3, 0.4) is 0 Å². The normalized spacial score (nSPS) is 13.7. The molecule has 6 nitrogen and oxygen atoms in total. The summed E-state index contributed by atoms with van der Waals surface area (Å²) in [6.07, 6.45) is 2.78. The van der Waals surface area contributed by atoms with Crippen molar-refractivity contribution in [2.24, 2.45) is 0 Å². The van der Waals surface area contributed by atoms with E-state index < -0.39 is 5.97 Å². The third-order valence-electron chi connectivity index (χ3n) is 4.03. The van der Waals surface area contributed by atoms with Gasteiger partial charge in [0, 0.05) is 24.5 Å². The second kappa shape index (κ2) is 9.46. The molecule has 1 aliphatic rings. The SMILES string of the molecule is CCCN(CC(=O)O)C(=O)c1ccccc1SCC(=O)N1CCCC1. The summed E-state index contributed by atoms with van der Waals surface area (Å²) < 4.78 is 0. The largest absolute Gasteiger partial charge is 0.480 e. The van der Waals surface area contributed by atoms with Crippen molar-refractivity contribution in [2.75, 3.05) is 31.9 Å². The average molecular weight is 364 g/mol. The molecule has 136 valence electrons. The zero-order valence-corrected chi connectivity index (χ0v) is 15.3. The number of thioether (sulfide) groups is 1. The number of rotatable bonds is 8. The van der Waals surface area contributed by atoms with E-state index in [0.29, 0.717) is 23.4 Å². The lowest BCUT2D eigenvalue weighted by molar-refractivity contribution is -0.137. The van der Waals surface area contributed by atoms with Gasteiger partial charge in [-0.15, -0.1) is 11.8 Å². The highest BCUT2D eigenvalue weighted by Crippen LogP contribution is 2.25. The van der Waals surface area contributed by atoms with E-state index >= 15 is 0 Å². The molecule has 0 aromatic heterocycles. The van der Waals surface area contributed by atoms with Crippen LogP contribution in [0.15, 0.2) is 29.2 Å². The number of carbonyl (C=O) groups is 3. The molecule has 1 heterocycles. The van der Waals surface area contributed by atoms with Crippen molar-refractivity contribution in [3.05, 3.63) is 29.8 Å². The van der Waals surface area contributed by atoms with Gasteiger partial charge in [-0.25, -0.2) is 0 Å². The molecule has 2 amide bonds. The molecule has 1 aromatic rings. The Hall–Kier alpha value is -2.02. The summed E-state index contributed by atoms with van der Waals surface area (Å²) in [5.41, 5.74) is 0.455. The molecule has 1 fully saturated rings. The Kier molecular flexibility index (Phi) is 7.31. The second-order valence-electron chi connectivity index (χ2n) is 5.99. The van der Waals surface area contributed by atoms with Gasteiger partial charge in [0.2, 0.25) is 5.91 Å². The molecule has 7 heteroatoms. The Morgan fingerprint density at radius 2 is 1.88 bits per heavy atom. The molecule has 2 rings (SSSR count). The minimum absolute atomic E-state index is 0.0840. The number of nitrogens with zero attached hydrogens (tertiary/aromatic N) is 2. The van der Waals surface area contributed by atoms with Gasteiger partial charge in [-0.3, -0.25) is 14.4 Å². The molecule has 0 radical (unpaired) electrons. The number of benzene rings is 1. The first-order chi connectivity index (χ1) is 12.0. The second-order valence-corrected chi connectivity index (χ2v) is 7.01. The predicted octanol–water partition coefficient (Wildman–Crippen LogP) is 2.34.